The van der Waals surface area contributed by atoms with Gasteiger partial charge in [0.15, 0.2) is 0 Å². The van der Waals surface area contributed by atoms with Gasteiger partial charge in [0, 0.05) is 19.0 Å². The van der Waals surface area contributed by atoms with Gasteiger partial charge >= 0.3 is 0 Å². The SMILES string of the molecule is O=S(=O)(c1ccc(Br)s1)N1CCCC(CCCl)C1. The summed E-state index contributed by atoms with van der Waals surface area (Å²) in [7, 11) is -3.31. The van der Waals surface area contributed by atoms with Gasteiger partial charge in [0.2, 0.25) is 0 Å². The van der Waals surface area contributed by atoms with E-state index in [4.69, 9.17) is 11.6 Å². The fourth-order valence-corrected chi connectivity index (χ4v) is 6.23. The molecule has 0 radical (unpaired) electrons. The van der Waals surface area contributed by atoms with Crippen LogP contribution in [0, 0.1) is 5.92 Å². The first-order valence-corrected chi connectivity index (χ1v) is 9.44. The lowest BCUT2D eigenvalue weighted by Gasteiger charge is -2.31. The number of rotatable bonds is 4. The van der Waals surface area contributed by atoms with E-state index in [9.17, 15) is 8.42 Å². The fourth-order valence-electron chi connectivity index (χ4n) is 2.20. The van der Waals surface area contributed by atoms with E-state index < -0.39 is 10.0 Å². The van der Waals surface area contributed by atoms with Crippen LogP contribution in [0.4, 0.5) is 0 Å². The lowest BCUT2D eigenvalue weighted by Crippen LogP contribution is -2.39. The summed E-state index contributed by atoms with van der Waals surface area (Å²) in [5.41, 5.74) is 0. The molecular formula is C11H15BrClNO2S2. The third-order valence-electron chi connectivity index (χ3n) is 3.14. The molecule has 0 N–H and O–H groups in total. The van der Waals surface area contributed by atoms with Crippen molar-refractivity contribution in [1.29, 1.82) is 0 Å². The maximum Gasteiger partial charge on any atom is 0.252 e. The molecule has 0 bridgehead atoms. The molecule has 7 heteroatoms. The van der Waals surface area contributed by atoms with Crippen molar-refractivity contribution in [2.24, 2.45) is 5.92 Å². The molecule has 3 nitrogen and oxygen atoms in total. The van der Waals surface area contributed by atoms with Crippen LogP contribution in [0.5, 0.6) is 0 Å². The number of sulfonamides is 1. The Balaban J connectivity index is 2.15. The van der Waals surface area contributed by atoms with Crippen LogP contribution >= 0.6 is 38.9 Å². The summed E-state index contributed by atoms with van der Waals surface area (Å²) in [6, 6.07) is 3.44. The Hall–Kier alpha value is 0.380. The average Bonchev–Trinajstić information content (AvgIpc) is 2.77. The molecule has 2 rings (SSSR count). The van der Waals surface area contributed by atoms with Gasteiger partial charge in [-0.1, -0.05) is 0 Å². The summed E-state index contributed by atoms with van der Waals surface area (Å²) in [6.45, 7) is 1.22. The monoisotopic (exact) mass is 371 g/mol. The first kappa shape index (κ1) is 14.8. The molecule has 1 atom stereocenters. The molecule has 1 aliphatic heterocycles. The zero-order valence-corrected chi connectivity index (χ0v) is 13.8. The van der Waals surface area contributed by atoms with Crippen molar-refractivity contribution in [2.45, 2.75) is 23.5 Å². The van der Waals surface area contributed by atoms with E-state index in [-0.39, 0.29) is 0 Å². The molecule has 0 spiro atoms. The van der Waals surface area contributed by atoms with Gasteiger partial charge < -0.3 is 0 Å². The quantitative estimate of drug-likeness (QED) is 0.758. The van der Waals surface area contributed by atoms with Crippen LogP contribution in [0.15, 0.2) is 20.1 Å². The van der Waals surface area contributed by atoms with E-state index in [0.29, 0.717) is 29.1 Å². The zero-order valence-electron chi connectivity index (χ0n) is 9.81. The topological polar surface area (TPSA) is 37.4 Å². The minimum atomic E-state index is -3.31. The molecule has 1 fully saturated rings. The molecule has 102 valence electrons. The highest BCUT2D eigenvalue weighted by Crippen LogP contribution is 2.31. The van der Waals surface area contributed by atoms with E-state index >= 15 is 0 Å². The molecule has 1 aliphatic rings. The highest BCUT2D eigenvalue weighted by Gasteiger charge is 2.30. The van der Waals surface area contributed by atoms with Gasteiger partial charge in [0.1, 0.15) is 4.21 Å². The molecule has 0 aromatic carbocycles. The second-order valence-corrected chi connectivity index (χ2v) is 9.41. The Morgan fingerprint density at radius 2 is 2.28 bits per heavy atom. The van der Waals surface area contributed by atoms with E-state index in [1.54, 1.807) is 16.4 Å². The summed E-state index contributed by atoms with van der Waals surface area (Å²) >= 11 is 10.3. The number of piperidine rings is 1. The Labute approximate surface area is 125 Å². The van der Waals surface area contributed by atoms with Crippen LogP contribution in [0.3, 0.4) is 0 Å². The zero-order chi connectivity index (χ0) is 13.2. The Bertz CT molecular complexity index is 501. The number of hydrogen-bond donors (Lipinski definition) is 0. The van der Waals surface area contributed by atoms with Gasteiger partial charge in [-0.05, 0) is 53.2 Å². The molecule has 0 amide bonds. The molecule has 0 saturated carbocycles. The predicted molar refractivity (Wildman–Crippen MR) is 78.8 cm³/mol. The van der Waals surface area contributed by atoms with Crippen molar-refractivity contribution < 1.29 is 8.42 Å². The Morgan fingerprint density at radius 3 is 2.89 bits per heavy atom. The molecule has 1 unspecified atom stereocenters. The Kier molecular flexibility index (Phi) is 5.11. The summed E-state index contributed by atoms with van der Waals surface area (Å²) in [4.78, 5) is 0. The van der Waals surface area contributed by atoms with Crippen molar-refractivity contribution in [1.82, 2.24) is 4.31 Å². The van der Waals surface area contributed by atoms with E-state index in [1.807, 2.05) is 0 Å². The number of halogens is 2. The minimum absolute atomic E-state index is 0.398. The van der Waals surface area contributed by atoms with E-state index in [2.05, 4.69) is 15.9 Å². The highest BCUT2D eigenvalue weighted by molar-refractivity contribution is 9.11. The first-order valence-electron chi connectivity index (χ1n) is 5.85. The van der Waals surface area contributed by atoms with Crippen molar-refractivity contribution in [2.75, 3.05) is 19.0 Å². The summed E-state index contributed by atoms with van der Waals surface area (Å²) in [5.74, 6) is 0.998. The van der Waals surface area contributed by atoms with Crippen LogP contribution in [-0.4, -0.2) is 31.7 Å². The second-order valence-electron chi connectivity index (χ2n) is 4.41. The fraction of sp³-hybridized carbons (Fsp3) is 0.636. The number of hydrogen-bond acceptors (Lipinski definition) is 3. The number of alkyl halides is 1. The molecule has 1 saturated heterocycles. The van der Waals surface area contributed by atoms with E-state index in [1.165, 1.54) is 11.3 Å². The van der Waals surface area contributed by atoms with Crippen molar-refractivity contribution in [3.05, 3.63) is 15.9 Å². The smallest absolute Gasteiger partial charge is 0.206 e. The highest BCUT2D eigenvalue weighted by atomic mass is 79.9. The van der Waals surface area contributed by atoms with Crippen LogP contribution < -0.4 is 0 Å². The minimum Gasteiger partial charge on any atom is -0.206 e. The molecule has 1 aromatic rings. The largest absolute Gasteiger partial charge is 0.252 e. The molecule has 18 heavy (non-hydrogen) atoms. The summed E-state index contributed by atoms with van der Waals surface area (Å²) in [5, 5.41) is 0. The molecule has 1 aromatic heterocycles. The maximum atomic E-state index is 12.4. The van der Waals surface area contributed by atoms with Crippen molar-refractivity contribution >= 4 is 48.9 Å². The average molecular weight is 373 g/mol. The number of thiophene rings is 1. The van der Waals surface area contributed by atoms with Gasteiger partial charge in [-0.3, -0.25) is 0 Å². The third-order valence-corrected chi connectivity index (χ3v) is 7.32. The standard InChI is InChI=1S/C11H15BrClNO2S2/c12-10-3-4-11(17-10)18(15,16)14-7-1-2-9(8-14)5-6-13/h3-4,9H,1-2,5-8H2. The van der Waals surface area contributed by atoms with Crippen LogP contribution in [0.1, 0.15) is 19.3 Å². The van der Waals surface area contributed by atoms with Gasteiger partial charge in [-0.25, -0.2) is 8.42 Å². The van der Waals surface area contributed by atoms with Crippen LogP contribution in [-0.2, 0) is 10.0 Å². The van der Waals surface area contributed by atoms with Crippen molar-refractivity contribution in [3.63, 3.8) is 0 Å². The lowest BCUT2D eigenvalue weighted by atomic mass is 9.97. The molecule has 0 aliphatic carbocycles. The van der Waals surface area contributed by atoms with Gasteiger partial charge in [-0.15, -0.1) is 22.9 Å². The summed E-state index contributed by atoms with van der Waals surface area (Å²) < 4.78 is 27.7. The summed E-state index contributed by atoms with van der Waals surface area (Å²) in [6.07, 6.45) is 2.89. The van der Waals surface area contributed by atoms with Crippen LogP contribution in [0.2, 0.25) is 0 Å². The van der Waals surface area contributed by atoms with Crippen molar-refractivity contribution in [3.8, 4) is 0 Å². The normalized spacial score (nSPS) is 22.2. The van der Waals surface area contributed by atoms with Gasteiger partial charge in [0.25, 0.3) is 10.0 Å². The lowest BCUT2D eigenvalue weighted by molar-refractivity contribution is 0.262. The van der Waals surface area contributed by atoms with Gasteiger partial charge in [-0.2, -0.15) is 4.31 Å². The second kappa shape index (κ2) is 6.22. The maximum absolute atomic E-state index is 12.4. The Morgan fingerprint density at radius 1 is 1.50 bits per heavy atom. The van der Waals surface area contributed by atoms with Gasteiger partial charge in [0.05, 0.1) is 3.79 Å². The van der Waals surface area contributed by atoms with Crippen LogP contribution in [0.25, 0.3) is 0 Å². The van der Waals surface area contributed by atoms with E-state index in [0.717, 1.165) is 23.0 Å². The first-order chi connectivity index (χ1) is 8.54. The molecular weight excluding hydrogens is 358 g/mol. The third kappa shape index (κ3) is 3.28. The predicted octanol–water partition coefficient (Wildman–Crippen LogP) is 3.54. The molecule has 2 heterocycles. The number of nitrogens with zero attached hydrogens (tertiary/aromatic N) is 1.